The highest BCUT2D eigenvalue weighted by Crippen LogP contribution is 2.74. The minimum atomic E-state index is -0.825. The molecule has 2 nitrogen and oxygen atoms in total. The molecule has 102 valence electrons. The average Bonchev–Trinajstić information content (AvgIpc) is 2.07. The molecule has 0 aliphatic heterocycles. The number of hydrogen-bond donors (Lipinski definition) is 1. The quantitative estimate of drug-likeness (QED) is 0.768. The third-order valence-corrected chi connectivity index (χ3v) is 6.30. The highest BCUT2D eigenvalue weighted by Gasteiger charge is 2.66. The van der Waals surface area contributed by atoms with Crippen molar-refractivity contribution in [3.05, 3.63) is 0 Å². The molecule has 0 spiro atoms. The molecule has 0 amide bonds. The molecule has 1 atom stereocenters. The minimum Gasteiger partial charge on any atom is -0.480 e. The summed E-state index contributed by atoms with van der Waals surface area (Å²) in [6.07, 6.45) is 6.77. The fraction of sp³-hybridized carbons (Fsp3) is 0.933. The summed E-state index contributed by atoms with van der Waals surface area (Å²) in [6.45, 7) is 7.05. The Bertz CT molecular complexity index is 363. The van der Waals surface area contributed by atoms with Crippen LogP contribution in [0.15, 0.2) is 0 Å². The number of halogens is 1. The number of alkyl halides is 1. The van der Waals surface area contributed by atoms with Gasteiger partial charge in [-0.3, -0.25) is 4.79 Å². The summed E-state index contributed by atoms with van der Waals surface area (Å²) in [5, 5.41) is 8.65. The van der Waals surface area contributed by atoms with Crippen molar-refractivity contribution in [1.29, 1.82) is 0 Å². The summed E-state index contributed by atoms with van der Waals surface area (Å²) in [7, 11) is 0. The van der Waals surface area contributed by atoms with Gasteiger partial charge in [0.15, 0.2) is 0 Å². The molecule has 0 aromatic rings. The van der Waals surface area contributed by atoms with Crippen molar-refractivity contribution < 1.29 is 9.90 Å². The van der Waals surface area contributed by atoms with Crippen molar-refractivity contribution in [1.82, 2.24) is 0 Å². The Morgan fingerprint density at radius 2 is 1.28 bits per heavy atom. The molecule has 0 saturated heterocycles. The second-order valence-electron chi connectivity index (χ2n) is 8.56. The molecule has 4 bridgehead atoms. The fourth-order valence-corrected chi connectivity index (χ4v) is 7.15. The minimum absolute atomic E-state index is 0.166. The zero-order chi connectivity index (χ0) is 13.4. The zero-order valence-electron chi connectivity index (χ0n) is 11.6. The van der Waals surface area contributed by atoms with E-state index in [1.807, 2.05) is 0 Å². The van der Waals surface area contributed by atoms with Gasteiger partial charge in [0.05, 0.1) is 0 Å². The van der Waals surface area contributed by atoms with Crippen molar-refractivity contribution in [3.63, 3.8) is 0 Å². The maximum Gasteiger partial charge on any atom is 0.322 e. The Labute approximate surface area is 114 Å². The Kier molecular flexibility index (Phi) is 2.31. The third-order valence-electron chi connectivity index (χ3n) is 5.65. The predicted molar refractivity (Wildman–Crippen MR) is 71.7 cm³/mol. The first-order valence-corrected chi connectivity index (χ1v) is 7.40. The van der Waals surface area contributed by atoms with Crippen LogP contribution in [0, 0.1) is 21.7 Å². The Balaban J connectivity index is 2.06. The summed E-state index contributed by atoms with van der Waals surface area (Å²) < 4.78 is 0. The fourth-order valence-electron chi connectivity index (χ4n) is 6.92. The zero-order valence-corrected chi connectivity index (χ0v) is 12.3. The van der Waals surface area contributed by atoms with Crippen LogP contribution in [0.3, 0.4) is 0 Å². The molecule has 4 rings (SSSR count). The van der Waals surface area contributed by atoms with Gasteiger partial charge < -0.3 is 5.11 Å². The van der Waals surface area contributed by atoms with E-state index in [1.165, 1.54) is 19.3 Å². The van der Waals surface area contributed by atoms with Crippen LogP contribution in [-0.4, -0.2) is 16.5 Å². The SMILES string of the molecule is CC12CC3(C)CC(C)(C1)CC([C@@H](Cl)C(=O)O)(C2)C3. The maximum absolute atomic E-state index is 11.4. The van der Waals surface area contributed by atoms with Crippen molar-refractivity contribution >= 4 is 17.6 Å². The molecule has 0 aromatic heterocycles. The lowest BCUT2D eigenvalue weighted by Gasteiger charge is -2.69. The van der Waals surface area contributed by atoms with Gasteiger partial charge >= 0.3 is 5.97 Å². The Hall–Kier alpha value is -0.240. The number of carboxylic acids is 1. The lowest BCUT2D eigenvalue weighted by Crippen LogP contribution is -2.62. The van der Waals surface area contributed by atoms with E-state index in [-0.39, 0.29) is 5.41 Å². The summed E-state index contributed by atoms with van der Waals surface area (Å²) in [5.74, 6) is -0.825. The van der Waals surface area contributed by atoms with Gasteiger partial charge in [0, 0.05) is 0 Å². The van der Waals surface area contributed by atoms with Gasteiger partial charge in [-0.1, -0.05) is 20.8 Å². The van der Waals surface area contributed by atoms with E-state index < -0.39 is 11.3 Å². The summed E-state index contributed by atoms with van der Waals surface area (Å²) in [6, 6.07) is 0. The smallest absolute Gasteiger partial charge is 0.322 e. The molecule has 0 aromatic carbocycles. The van der Waals surface area contributed by atoms with Gasteiger partial charge in [0.1, 0.15) is 5.38 Å². The molecule has 4 aliphatic carbocycles. The van der Waals surface area contributed by atoms with E-state index in [4.69, 9.17) is 11.6 Å². The average molecular weight is 271 g/mol. The number of aliphatic carboxylic acids is 1. The number of hydrogen-bond acceptors (Lipinski definition) is 1. The summed E-state index contributed by atoms with van der Waals surface area (Å²) >= 11 is 6.32. The van der Waals surface area contributed by atoms with Gasteiger partial charge in [-0.25, -0.2) is 0 Å². The lowest BCUT2D eigenvalue weighted by atomic mass is 9.36. The van der Waals surface area contributed by atoms with E-state index in [0.717, 1.165) is 19.3 Å². The number of carboxylic acid groups (broad SMARTS) is 1. The number of rotatable bonds is 2. The third kappa shape index (κ3) is 1.64. The van der Waals surface area contributed by atoms with Crippen LogP contribution in [0.1, 0.15) is 59.3 Å². The van der Waals surface area contributed by atoms with Crippen LogP contribution in [0.2, 0.25) is 0 Å². The van der Waals surface area contributed by atoms with Crippen molar-refractivity contribution in [2.75, 3.05) is 0 Å². The normalized spacial score (nSPS) is 55.6. The van der Waals surface area contributed by atoms with Gasteiger partial charge in [0.25, 0.3) is 0 Å². The highest BCUT2D eigenvalue weighted by molar-refractivity contribution is 6.30. The largest absolute Gasteiger partial charge is 0.480 e. The van der Waals surface area contributed by atoms with Gasteiger partial charge in [-0.2, -0.15) is 0 Å². The summed E-state index contributed by atoms with van der Waals surface area (Å²) in [4.78, 5) is 11.4. The van der Waals surface area contributed by atoms with Crippen LogP contribution >= 0.6 is 11.6 Å². The topological polar surface area (TPSA) is 37.3 Å². The molecule has 18 heavy (non-hydrogen) atoms. The molecule has 0 radical (unpaired) electrons. The molecule has 4 fully saturated rings. The van der Waals surface area contributed by atoms with Crippen LogP contribution in [0.5, 0.6) is 0 Å². The molecular formula is C15H23ClO2. The van der Waals surface area contributed by atoms with Crippen LogP contribution in [0.4, 0.5) is 0 Å². The van der Waals surface area contributed by atoms with Crippen molar-refractivity contribution in [2.24, 2.45) is 21.7 Å². The molecule has 0 heterocycles. The van der Waals surface area contributed by atoms with Gasteiger partial charge in [-0.05, 0) is 60.2 Å². The molecule has 4 saturated carbocycles. The Morgan fingerprint density at radius 1 is 0.944 bits per heavy atom. The first kappa shape index (κ1) is 12.8. The lowest BCUT2D eigenvalue weighted by molar-refractivity contribution is -0.189. The predicted octanol–water partition coefficient (Wildman–Crippen LogP) is 4.07. The summed E-state index contributed by atoms with van der Waals surface area (Å²) in [5.41, 5.74) is 0.753. The monoisotopic (exact) mass is 270 g/mol. The first-order chi connectivity index (χ1) is 8.10. The van der Waals surface area contributed by atoms with E-state index in [0.29, 0.717) is 16.2 Å². The van der Waals surface area contributed by atoms with E-state index >= 15 is 0 Å². The standard InChI is InChI=1S/C15H23ClO2/c1-12-4-13(2)6-14(3,5-12)9-15(7-12,8-13)10(16)11(17)18/h10H,4-9H2,1-3H3,(H,17,18)/t10-,12?,13?,14?,15?/m0/s1. The van der Waals surface area contributed by atoms with Crippen LogP contribution in [-0.2, 0) is 4.79 Å². The first-order valence-electron chi connectivity index (χ1n) is 6.97. The molecule has 0 unspecified atom stereocenters. The van der Waals surface area contributed by atoms with E-state index in [1.54, 1.807) is 0 Å². The molecule has 1 N–H and O–H groups in total. The van der Waals surface area contributed by atoms with Crippen LogP contribution < -0.4 is 0 Å². The molecule has 4 aliphatic rings. The van der Waals surface area contributed by atoms with Crippen LogP contribution in [0.25, 0.3) is 0 Å². The molecule has 3 heteroatoms. The van der Waals surface area contributed by atoms with Gasteiger partial charge in [-0.15, -0.1) is 11.6 Å². The van der Waals surface area contributed by atoms with Gasteiger partial charge in [0.2, 0.25) is 0 Å². The van der Waals surface area contributed by atoms with Crippen molar-refractivity contribution in [2.45, 2.75) is 64.7 Å². The second-order valence-corrected chi connectivity index (χ2v) is 8.99. The van der Waals surface area contributed by atoms with E-state index in [9.17, 15) is 9.90 Å². The highest BCUT2D eigenvalue weighted by atomic mass is 35.5. The molecular weight excluding hydrogens is 248 g/mol. The van der Waals surface area contributed by atoms with E-state index in [2.05, 4.69) is 20.8 Å². The second kappa shape index (κ2) is 3.26. The van der Waals surface area contributed by atoms with Crippen molar-refractivity contribution in [3.8, 4) is 0 Å². The maximum atomic E-state index is 11.4. The number of carbonyl (C=O) groups is 1. The Morgan fingerprint density at radius 3 is 1.56 bits per heavy atom.